The van der Waals surface area contributed by atoms with Crippen molar-refractivity contribution >= 4 is 15.8 Å². The van der Waals surface area contributed by atoms with Crippen molar-refractivity contribution in [3.63, 3.8) is 0 Å². The number of likely N-dealkylation sites (N-methyl/N-ethyl adjacent to an activating group) is 1. The second-order valence-electron chi connectivity index (χ2n) is 3.95. The van der Waals surface area contributed by atoms with E-state index in [0.29, 0.717) is 12.4 Å². The predicted octanol–water partition coefficient (Wildman–Crippen LogP) is 0.779. The molecule has 0 amide bonds. The summed E-state index contributed by atoms with van der Waals surface area (Å²) in [5.74, 6) is 0.626. The molecule has 0 spiro atoms. The number of methoxy groups -OCH3 is 1. The van der Waals surface area contributed by atoms with Crippen molar-refractivity contribution in [2.75, 3.05) is 33.1 Å². The first kappa shape index (κ1) is 14.9. The molecule has 18 heavy (non-hydrogen) atoms. The molecule has 1 N–H and O–H groups in total. The zero-order valence-electron chi connectivity index (χ0n) is 11.0. The van der Waals surface area contributed by atoms with E-state index < -0.39 is 10.0 Å². The van der Waals surface area contributed by atoms with Crippen molar-refractivity contribution in [2.45, 2.75) is 17.9 Å². The van der Waals surface area contributed by atoms with Gasteiger partial charge in [0.15, 0.2) is 0 Å². The lowest BCUT2D eigenvalue weighted by Crippen LogP contribution is -2.37. The quantitative estimate of drug-likeness (QED) is 0.829. The number of ether oxygens (including phenoxy) is 1. The summed E-state index contributed by atoms with van der Waals surface area (Å²) in [7, 11) is 1.28. The Kier molecular flexibility index (Phi) is 5.06. The Morgan fingerprint density at radius 2 is 2.17 bits per heavy atom. The van der Waals surface area contributed by atoms with E-state index in [9.17, 15) is 8.42 Å². The van der Waals surface area contributed by atoms with E-state index in [-0.39, 0.29) is 10.9 Å². The molecule has 1 unspecified atom stereocenters. The molecule has 0 aromatic carbocycles. The lowest BCUT2D eigenvalue weighted by atomic mass is 10.4. The Bertz CT molecular complexity index is 473. The van der Waals surface area contributed by atoms with E-state index in [1.54, 1.807) is 27.1 Å². The summed E-state index contributed by atoms with van der Waals surface area (Å²) >= 11 is 0. The van der Waals surface area contributed by atoms with E-state index in [2.05, 4.69) is 10.3 Å². The van der Waals surface area contributed by atoms with Gasteiger partial charge in [0.25, 0.3) is 0 Å². The molecule has 1 atom stereocenters. The first-order valence-corrected chi connectivity index (χ1v) is 6.98. The standard InChI is InChI=1S/C11H19N3O3S/c1-9(8-17-4)14(3)18(15,16)10-5-6-11(12-2)13-7-10/h5-7,9H,8H2,1-4H3,(H,12,13). The van der Waals surface area contributed by atoms with Crippen LogP contribution in [0.25, 0.3) is 0 Å². The molecule has 0 fully saturated rings. The molecular weight excluding hydrogens is 254 g/mol. The minimum atomic E-state index is -3.52. The molecule has 0 aliphatic rings. The van der Waals surface area contributed by atoms with Gasteiger partial charge in [0.1, 0.15) is 10.7 Å². The van der Waals surface area contributed by atoms with Gasteiger partial charge in [-0.3, -0.25) is 0 Å². The lowest BCUT2D eigenvalue weighted by Gasteiger charge is -2.23. The highest BCUT2D eigenvalue weighted by Crippen LogP contribution is 2.17. The van der Waals surface area contributed by atoms with E-state index in [4.69, 9.17) is 4.74 Å². The third kappa shape index (κ3) is 3.18. The molecule has 0 saturated carbocycles. The average molecular weight is 273 g/mol. The fourth-order valence-electron chi connectivity index (χ4n) is 1.43. The van der Waals surface area contributed by atoms with Gasteiger partial charge >= 0.3 is 0 Å². The maximum Gasteiger partial charge on any atom is 0.244 e. The summed E-state index contributed by atoms with van der Waals surface area (Å²) in [5.41, 5.74) is 0. The molecule has 1 heterocycles. The molecule has 0 aliphatic heterocycles. The minimum Gasteiger partial charge on any atom is -0.383 e. The maximum absolute atomic E-state index is 12.3. The van der Waals surface area contributed by atoms with Crippen LogP contribution in [0.2, 0.25) is 0 Å². The second-order valence-corrected chi connectivity index (χ2v) is 5.95. The minimum absolute atomic E-state index is 0.173. The van der Waals surface area contributed by atoms with Crippen LogP contribution in [0, 0.1) is 0 Å². The van der Waals surface area contributed by atoms with E-state index >= 15 is 0 Å². The highest BCUT2D eigenvalue weighted by molar-refractivity contribution is 7.89. The zero-order valence-corrected chi connectivity index (χ0v) is 11.9. The Hall–Kier alpha value is -1.18. The van der Waals surface area contributed by atoms with Gasteiger partial charge in [-0.1, -0.05) is 0 Å². The van der Waals surface area contributed by atoms with Crippen LogP contribution in [0.3, 0.4) is 0 Å². The number of nitrogens with one attached hydrogen (secondary N) is 1. The summed E-state index contributed by atoms with van der Waals surface area (Å²) in [6, 6.07) is 2.93. The van der Waals surface area contributed by atoms with Crippen molar-refractivity contribution in [1.29, 1.82) is 0 Å². The van der Waals surface area contributed by atoms with Crippen LogP contribution in [0.5, 0.6) is 0 Å². The number of anilines is 1. The molecule has 0 radical (unpaired) electrons. The Morgan fingerprint density at radius 3 is 2.61 bits per heavy atom. The number of rotatable bonds is 6. The molecule has 1 aromatic rings. The summed E-state index contributed by atoms with van der Waals surface area (Å²) in [6.45, 7) is 2.13. The van der Waals surface area contributed by atoms with Gasteiger partial charge in [-0.15, -0.1) is 0 Å². The summed E-state index contributed by atoms with van der Waals surface area (Å²) in [5, 5.41) is 2.84. The first-order chi connectivity index (χ1) is 8.43. The zero-order chi connectivity index (χ0) is 13.8. The average Bonchev–Trinajstić information content (AvgIpc) is 2.38. The summed E-state index contributed by atoms with van der Waals surface area (Å²) in [6.07, 6.45) is 1.34. The lowest BCUT2D eigenvalue weighted by molar-refractivity contribution is 0.149. The van der Waals surface area contributed by atoms with Crippen LogP contribution in [0.1, 0.15) is 6.92 Å². The first-order valence-electron chi connectivity index (χ1n) is 5.54. The van der Waals surface area contributed by atoms with E-state index in [1.807, 2.05) is 0 Å². The van der Waals surface area contributed by atoms with Crippen LogP contribution < -0.4 is 5.32 Å². The largest absolute Gasteiger partial charge is 0.383 e. The molecular formula is C11H19N3O3S. The van der Waals surface area contributed by atoms with Gasteiger partial charge in [-0.2, -0.15) is 4.31 Å². The third-order valence-corrected chi connectivity index (χ3v) is 4.65. The monoisotopic (exact) mass is 273 g/mol. The van der Waals surface area contributed by atoms with E-state index in [0.717, 1.165) is 0 Å². The predicted molar refractivity (Wildman–Crippen MR) is 70.1 cm³/mol. The number of sulfonamides is 1. The molecule has 6 nitrogen and oxygen atoms in total. The van der Waals surface area contributed by atoms with Crippen molar-refractivity contribution in [1.82, 2.24) is 9.29 Å². The number of aromatic nitrogens is 1. The van der Waals surface area contributed by atoms with Crippen molar-refractivity contribution in [3.05, 3.63) is 18.3 Å². The highest BCUT2D eigenvalue weighted by Gasteiger charge is 2.25. The fraction of sp³-hybridized carbons (Fsp3) is 0.545. The normalized spacial score (nSPS) is 13.6. The van der Waals surface area contributed by atoms with Gasteiger partial charge in [0, 0.05) is 33.4 Å². The van der Waals surface area contributed by atoms with E-state index in [1.165, 1.54) is 23.6 Å². The molecule has 102 valence electrons. The highest BCUT2D eigenvalue weighted by atomic mass is 32.2. The number of pyridine rings is 1. The van der Waals surface area contributed by atoms with Crippen molar-refractivity contribution in [3.8, 4) is 0 Å². The van der Waals surface area contributed by atoms with Crippen LogP contribution in [0.15, 0.2) is 23.2 Å². The van der Waals surface area contributed by atoms with Crippen LogP contribution >= 0.6 is 0 Å². The van der Waals surface area contributed by atoms with Crippen LogP contribution in [-0.2, 0) is 14.8 Å². The SMILES string of the molecule is CNc1ccc(S(=O)(=O)N(C)C(C)COC)cn1. The summed E-state index contributed by atoms with van der Waals surface area (Å²) in [4.78, 5) is 4.18. The molecule has 7 heteroatoms. The Balaban J connectivity index is 2.97. The maximum atomic E-state index is 12.3. The van der Waals surface area contributed by atoms with Crippen molar-refractivity contribution < 1.29 is 13.2 Å². The van der Waals surface area contributed by atoms with Gasteiger partial charge in [-0.05, 0) is 19.1 Å². The van der Waals surface area contributed by atoms with Gasteiger partial charge in [-0.25, -0.2) is 13.4 Å². The molecule has 0 aliphatic carbocycles. The van der Waals surface area contributed by atoms with Gasteiger partial charge < -0.3 is 10.1 Å². The summed E-state index contributed by atoms with van der Waals surface area (Å²) < 4.78 is 30.8. The Labute approximate surface area is 108 Å². The number of nitrogens with zero attached hydrogens (tertiary/aromatic N) is 2. The van der Waals surface area contributed by atoms with Crippen molar-refractivity contribution in [2.24, 2.45) is 0 Å². The molecule has 1 rings (SSSR count). The topological polar surface area (TPSA) is 71.5 Å². The number of hydrogen-bond donors (Lipinski definition) is 1. The number of hydrogen-bond acceptors (Lipinski definition) is 5. The fourth-order valence-corrected chi connectivity index (χ4v) is 2.72. The third-order valence-electron chi connectivity index (χ3n) is 2.70. The molecule has 0 bridgehead atoms. The second kappa shape index (κ2) is 6.12. The molecule has 0 saturated heterocycles. The van der Waals surface area contributed by atoms with Gasteiger partial charge in [0.05, 0.1) is 6.61 Å². The molecule has 1 aromatic heterocycles. The van der Waals surface area contributed by atoms with Crippen LogP contribution in [0.4, 0.5) is 5.82 Å². The van der Waals surface area contributed by atoms with Crippen LogP contribution in [-0.4, -0.2) is 51.6 Å². The Morgan fingerprint density at radius 1 is 1.50 bits per heavy atom. The smallest absolute Gasteiger partial charge is 0.244 e. The van der Waals surface area contributed by atoms with Gasteiger partial charge in [0.2, 0.25) is 10.0 Å².